The molecular formula is C16H17NO3S. The van der Waals surface area contributed by atoms with Gasteiger partial charge in [0.25, 0.3) is 0 Å². The number of rotatable bonds is 6. The van der Waals surface area contributed by atoms with Gasteiger partial charge in [-0.15, -0.1) is 0 Å². The Labute approximate surface area is 129 Å². The van der Waals surface area contributed by atoms with Crippen LogP contribution in [-0.4, -0.2) is 19.2 Å². The minimum Gasteiger partial charge on any atom is -0.493 e. The van der Waals surface area contributed by atoms with Crippen molar-refractivity contribution < 1.29 is 14.2 Å². The maximum Gasteiger partial charge on any atom is 0.161 e. The minimum absolute atomic E-state index is 0.318. The van der Waals surface area contributed by atoms with Gasteiger partial charge >= 0.3 is 0 Å². The first-order chi connectivity index (χ1) is 10.2. The molecule has 0 amide bonds. The maximum absolute atomic E-state index is 5.79. The van der Waals surface area contributed by atoms with Crippen LogP contribution in [0.3, 0.4) is 0 Å². The molecule has 0 fully saturated rings. The second-order valence-electron chi connectivity index (χ2n) is 4.34. The Morgan fingerprint density at radius 1 is 1.00 bits per heavy atom. The first-order valence-electron chi connectivity index (χ1n) is 6.38. The van der Waals surface area contributed by atoms with E-state index in [9.17, 15) is 0 Å². The highest BCUT2D eigenvalue weighted by Crippen LogP contribution is 2.28. The summed E-state index contributed by atoms with van der Waals surface area (Å²) < 4.78 is 16.3. The molecule has 2 aromatic rings. The Morgan fingerprint density at radius 2 is 1.71 bits per heavy atom. The quantitative estimate of drug-likeness (QED) is 0.832. The average molecular weight is 303 g/mol. The summed E-state index contributed by atoms with van der Waals surface area (Å²) >= 11 is 5.01. The summed E-state index contributed by atoms with van der Waals surface area (Å²) in [6.07, 6.45) is 0. The molecule has 4 nitrogen and oxygen atoms in total. The van der Waals surface area contributed by atoms with E-state index in [0.717, 1.165) is 11.1 Å². The Morgan fingerprint density at radius 3 is 2.38 bits per heavy atom. The van der Waals surface area contributed by atoms with Crippen LogP contribution in [0.15, 0.2) is 42.5 Å². The monoisotopic (exact) mass is 303 g/mol. The molecule has 0 aliphatic rings. The van der Waals surface area contributed by atoms with Crippen molar-refractivity contribution in [2.24, 2.45) is 5.73 Å². The normalized spacial score (nSPS) is 10.0. The van der Waals surface area contributed by atoms with Gasteiger partial charge in [-0.05, 0) is 29.8 Å². The summed E-state index contributed by atoms with van der Waals surface area (Å²) in [5.74, 6) is 2.02. The zero-order chi connectivity index (χ0) is 15.2. The molecule has 0 heterocycles. The molecule has 0 bridgehead atoms. The van der Waals surface area contributed by atoms with Crippen molar-refractivity contribution in [1.29, 1.82) is 0 Å². The van der Waals surface area contributed by atoms with E-state index in [1.54, 1.807) is 14.2 Å². The van der Waals surface area contributed by atoms with Gasteiger partial charge in [0.05, 0.1) is 19.8 Å². The summed E-state index contributed by atoms with van der Waals surface area (Å²) in [5, 5.41) is 0. The zero-order valence-corrected chi connectivity index (χ0v) is 12.8. The second-order valence-corrected chi connectivity index (χ2v) is 4.78. The molecule has 0 radical (unpaired) electrons. The molecule has 21 heavy (non-hydrogen) atoms. The van der Waals surface area contributed by atoms with Gasteiger partial charge in [-0.1, -0.05) is 30.4 Å². The summed E-state index contributed by atoms with van der Waals surface area (Å²) in [5.41, 5.74) is 7.37. The predicted molar refractivity (Wildman–Crippen MR) is 86.2 cm³/mol. The van der Waals surface area contributed by atoms with E-state index in [4.69, 9.17) is 32.2 Å². The number of hydrogen-bond donors (Lipinski definition) is 1. The number of para-hydroxylation sites is 1. The van der Waals surface area contributed by atoms with E-state index in [1.165, 1.54) is 0 Å². The smallest absolute Gasteiger partial charge is 0.161 e. The van der Waals surface area contributed by atoms with Crippen LogP contribution in [-0.2, 0) is 6.61 Å². The topological polar surface area (TPSA) is 53.7 Å². The first kappa shape index (κ1) is 15.1. The van der Waals surface area contributed by atoms with Crippen LogP contribution in [0.1, 0.15) is 11.1 Å². The summed E-state index contributed by atoms with van der Waals surface area (Å²) in [6, 6.07) is 13.1. The van der Waals surface area contributed by atoms with Gasteiger partial charge in [0.15, 0.2) is 11.5 Å². The average Bonchev–Trinajstić information content (AvgIpc) is 2.52. The van der Waals surface area contributed by atoms with Crippen LogP contribution in [0.4, 0.5) is 0 Å². The lowest BCUT2D eigenvalue weighted by molar-refractivity contribution is 0.303. The molecule has 2 aromatic carbocycles. The SMILES string of the molecule is COc1ccc(COc2ccccc2C(N)=S)cc1OC. The van der Waals surface area contributed by atoms with Gasteiger partial charge in [0.2, 0.25) is 0 Å². The first-order valence-corrected chi connectivity index (χ1v) is 6.79. The summed E-state index contributed by atoms with van der Waals surface area (Å²) in [6.45, 7) is 0.389. The summed E-state index contributed by atoms with van der Waals surface area (Å²) in [4.78, 5) is 0.318. The molecule has 0 unspecified atom stereocenters. The molecule has 0 aliphatic heterocycles. The van der Waals surface area contributed by atoms with Crippen LogP contribution >= 0.6 is 12.2 Å². The van der Waals surface area contributed by atoms with E-state index >= 15 is 0 Å². The molecule has 2 rings (SSSR count). The van der Waals surface area contributed by atoms with Crippen molar-refractivity contribution in [2.45, 2.75) is 6.61 Å². The highest BCUT2D eigenvalue weighted by Gasteiger charge is 2.08. The number of benzene rings is 2. The van der Waals surface area contributed by atoms with Crippen molar-refractivity contribution >= 4 is 17.2 Å². The van der Waals surface area contributed by atoms with E-state index in [0.29, 0.717) is 28.8 Å². The standard InChI is InChI=1S/C16H17NO3S/c1-18-14-8-7-11(9-15(14)19-2)10-20-13-6-4-3-5-12(13)16(17)21/h3-9H,10H2,1-2H3,(H2,17,21). The fourth-order valence-electron chi connectivity index (χ4n) is 1.93. The molecule has 0 aromatic heterocycles. The van der Waals surface area contributed by atoms with Crippen LogP contribution < -0.4 is 19.9 Å². The Bertz CT molecular complexity index is 643. The zero-order valence-electron chi connectivity index (χ0n) is 12.0. The van der Waals surface area contributed by atoms with Gasteiger partial charge in [0.1, 0.15) is 17.3 Å². The van der Waals surface area contributed by atoms with E-state index in [-0.39, 0.29) is 0 Å². The molecule has 2 N–H and O–H groups in total. The second kappa shape index (κ2) is 6.95. The van der Waals surface area contributed by atoms with E-state index in [1.807, 2.05) is 42.5 Å². The van der Waals surface area contributed by atoms with Gasteiger partial charge in [-0.3, -0.25) is 0 Å². The van der Waals surface area contributed by atoms with Crippen molar-refractivity contribution in [2.75, 3.05) is 14.2 Å². The Hall–Kier alpha value is -2.27. The largest absolute Gasteiger partial charge is 0.493 e. The maximum atomic E-state index is 5.79. The van der Waals surface area contributed by atoms with Crippen molar-refractivity contribution in [3.63, 3.8) is 0 Å². The van der Waals surface area contributed by atoms with Crippen LogP contribution in [0.2, 0.25) is 0 Å². The van der Waals surface area contributed by atoms with Gasteiger partial charge in [0, 0.05) is 0 Å². The lowest BCUT2D eigenvalue weighted by Crippen LogP contribution is -2.11. The third-order valence-electron chi connectivity index (χ3n) is 2.99. The molecule has 0 spiro atoms. The molecular weight excluding hydrogens is 286 g/mol. The lowest BCUT2D eigenvalue weighted by atomic mass is 10.2. The van der Waals surface area contributed by atoms with Gasteiger partial charge < -0.3 is 19.9 Å². The highest BCUT2D eigenvalue weighted by molar-refractivity contribution is 7.80. The number of hydrogen-bond acceptors (Lipinski definition) is 4. The molecule has 110 valence electrons. The predicted octanol–water partition coefficient (Wildman–Crippen LogP) is 2.92. The van der Waals surface area contributed by atoms with Crippen LogP contribution in [0.5, 0.6) is 17.2 Å². The molecule has 0 saturated heterocycles. The summed E-state index contributed by atoms with van der Waals surface area (Å²) in [7, 11) is 3.21. The number of methoxy groups -OCH3 is 2. The molecule has 0 saturated carbocycles. The number of nitrogens with two attached hydrogens (primary N) is 1. The van der Waals surface area contributed by atoms with Crippen LogP contribution in [0, 0.1) is 0 Å². The van der Waals surface area contributed by atoms with Gasteiger partial charge in [-0.2, -0.15) is 0 Å². The molecule has 0 atom stereocenters. The Balaban J connectivity index is 2.15. The van der Waals surface area contributed by atoms with Crippen molar-refractivity contribution in [1.82, 2.24) is 0 Å². The van der Waals surface area contributed by atoms with Crippen molar-refractivity contribution in [3.8, 4) is 17.2 Å². The number of thiocarbonyl (C=S) groups is 1. The number of ether oxygens (including phenoxy) is 3. The third-order valence-corrected chi connectivity index (χ3v) is 3.21. The molecule has 5 heteroatoms. The third kappa shape index (κ3) is 3.64. The minimum atomic E-state index is 0.318. The highest BCUT2D eigenvalue weighted by atomic mass is 32.1. The fraction of sp³-hybridized carbons (Fsp3) is 0.188. The van der Waals surface area contributed by atoms with Crippen LogP contribution in [0.25, 0.3) is 0 Å². The van der Waals surface area contributed by atoms with Gasteiger partial charge in [-0.25, -0.2) is 0 Å². The lowest BCUT2D eigenvalue weighted by Gasteiger charge is -2.12. The van der Waals surface area contributed by atoms with E-state index in [2.05, 4.69) is 0 Å². The van der Waals surface area contributed by atoms with Crippen molar-refractivity contribution in [3.05, 3.63) is 53.6 Å². The Kier molecular flexibility index (Phi) is 5.00. The molecule has 0 aliphatic carbocycles. The van der Waals surface area contributed by atoms with E-state index < -0.39 is 0 Å². The fourth-order valence-corrected chi connectivity index (χ4v) is 2.10.